The first-order chi connectivity index (χ1) is 24.7. The van der Waals surface area contributed by atoms with Gasteiger partial charge >= 0.3 is 49.2 Å². The molecular weight excluding hydrogens is 843 g/mol. The lowest BCUT2D eigenvalue weighted by atomic mass is 9.65. The number of alkyl halides is 21. The second-order valence-electron chi connectivity index (χ2n) is 13.2. The van der Waals surface area contributed by atoms with Crippen molar-refractivity contribution < 1.29 is 121 Å². The molecule has 3 aliphatic carbocycles. The van der Waals surface area contributed by atoms with E-state index in [4.69, 9.17) is 0 Å². The number of ether oxygens (including phenoxy) is 3. The van der Waals surface area contributed by atoms with Crippen molar-refractivity contribution in [2.45, 2.75) is 105 Å². The molecule has 0 aromatic carbocycles. The molecule has 0 saturated heterocycles. The van der Waals surface area contributed by atoms with E-state index in [1.807, 2.05) is 6.08 Å². The van der Waals surface area contributed by atoms with Gasteiger partial charge in [0.1, 0.15) is 18.5 Å². The number of hydrogen-bond acceptors (Lipinski definition) is 6. The smallest absolute Gasteiger partial charge is 0.426 e. The van der Waals surface area contributed by atoms with E-state index in [2.05, 4.69) is 20.8 Å². The molecule has 5 unspecified atom stereocenters. The molecule has 2 bridgehead atoms. The molecular formula is C29H29F21O6. The third-order valence-electron chi connectivity index (χ3n) is 9.74. The van der Waals surface area contributed by atoms with Crippen LogP contribution in [-0.2, 0) is 19.0 Å². The van der Waals surface area contributed by atoms with E-state index >= 15 is 0 Å². The molecule has 0 aliphatic heterocycles. The Labute approximate surface area is 300 Å². The molecule has 0 spiro atoms. The third-order valence-corrected chi connectivity index (χ3v) is 9.74. The van der Waals surface area contributed by atoms with Crippen LogP contribution in [0.15, 0.2) is 24.3 Å². The largest absolute Gasteiger partial charge is 0.459 e. The first-order valence-corrected chi connectivity index (χ1v) is 15.4. The van der Waals surface area contributed by atoms with Gasteiger partial charge in [-0.3, -0.25) is 0 Å². The van der Waals surface area contributed by atoms with Crippen molar-refractivity contribution in [1.82, 2.24) is 0 Å². The molecule has 56 heavy (non-hydrogen) atoms. The Kier molecular flexibility index (Phi) is 14.0. The van der Waals surface area contributed by atoms with Gasteiger partial charge in [0.25, 0.3) is 16.8 Å². The Morgan fingerprint density at radius 3 is 1.32 bits per heavy atom. The fourth-order valence-electron chi connectivity index (χ4n) is 6.90. The van der Waals surface area contributed by atoms with Crippen LogP contribution in [0, 0.1) is 29.6 Å². The average molecular weight is 873 g/mol. The molecule has 3 aliphatic rings. The van der Waals surface area contributed by atoms with Crippen LogP contribution >= 0.6 is 0 Å². The Hall–Kier alpha value is -2.68. The summed E-state index contributed by atoms with van der Waals surface area (Å²) < 4.78 is 287. The first kappa shape index (κ1) is 49.5. The molecule has 0 radical (unpaired) electrons. The Balaban J connectivity index is 0.000000436. The Morgan fingerprint density at radius 1 is 0.625 bits per heavy atom. The molecule has 2 N–H and O–H groups in total. The van der Waals surface area contributed by atoms with E-state index in [-0.39, 0.29) is 11.8 Å². The van der Waals surface area contributed by atoms with E-state index in [9.17, 15) is 107 Å². The van der Waals surface area contributed by atoms with E-state index in [1.54, 1.807) is 6.08 Å². The molecule has 0 heterocycles. The molecule has 0 aromatic heterocycles. The van der Waals surface area contributed by atoms with E-state index < -0.39 is 128 Å². The number of aliphatic hydroxyl groups is 2. The predicted octanol–water partition coefficient (Wildman–Crippen LogP) is 9.22. The van der Waals surface area contributed by atoms with Gasteiger partial charge in [0.15, 0.2) is 0 Å². The summed E-state index contributed by atoms with van der Waals surface area (Å²) in [4.78, 5) is 11.5. The number of rotatable bonds is 9. The third kappa shape index (κ3) is 9.60. The van der Waals surface area contributed by atoms with E-state index in [0.29, 0.717) is 12.8 Å². The van der Waals surface area contributed by atoms with Gasteiger partial charge in [0.05, 0.1) is 0 Å². The number of hydrogen-bond donors (Lipinski definition) is 2. The van der Waals surface area contributed by atoms with Gasteiger partial charge in [-0.2, -0.15) is 92.2 Å². The number of esters is 1. The Morgan fingerprint density at radius 2 is 1.04 bits per heavy atom. The summed E-state index contributed by atoms with van der Waals surface area (Å²) >= 11 is 0. The van der Waals surface area contributed by atoms with Gasteiger partial charge in [0.2, 0.25) is 0 Å². The quantitative estimate of drug-likeness (QED) is 0.0791. The zero-order valence-electron chi connectivity index (χ0n) is 27.7. The van der Waals surface area contributed by atoms with Crippen LogP contribution in [0.3, 0.4) is 0 Å². The molecule has 27 heteroatoms. The number of fused-ring (bicyclic) bond motifs is 2. The lowest BCUT2D eigenvalue weighted by molar-refractivity contribution is -0.405. The summed E-state index contributed by atoms with van der Waals surface area (Å²) in [5.41, 5.74) is -18.6. The highest BCUT2D eigenvalue weighted by atomic mass is 19.4. The molecule has 5 atom stereocenters. The zero-order valence-corrected chi connectivity index (χ0v) is 27.7. The van der Waals surface area contributed by atoms with Crippen LogP contribution < -0.4 is 0 Å². The van der Waals surface area contributed by atoms with Crippen LogP contribution in [0.1, 0.15) is 38.5 Å². The van der Waals surface area contributed by atoms with Crippen molar-refractivity contribution >= 4 is 5.97 Å². The first-order valence-electron chi connectivity index (χ1n) is 15.4. The molecule has 6 nitrogen and oxygen atoms in total. The van der Waals surface area contributed by atoms with Gasteiger partial charge in [0, 0.05) is 18.9 Å². The maximum atomic E-state index is 13.2. The van der Waals surface area contributed by atoms with Crippen LogP contribution in [0.25, 0.3) is 0 Å². The zero-order chi connectivity index (χ0) is 44.1. The molecule has 2 fully saturated rings. The second-order valence-corrected chi connectivity index (χ2v) is 13.2. The summed E-state index contributed by atoms with van der Waals surface area (Å²) in [5.74, 6) is -10.8. The molecule has 3 rings (SSSR count). The van der Waals surface area contributed by atoms with Crippen molar-refractivity contribution in [1.29, 1.82) is 0 Å². The summed E-state index contributed by atoms with van der Waals surface area (Å²) in [6, 6.07) is 0. The summed E-state index contributed by atoms with van der Waals surface area (Å²) in [6.45, 7) is 1.11. The van der Waals surface area contributed by atoms with Crippen molar-refractivity contribution in [3.63, 3.8) is 0 Å². The van der Waals surface area contributed by atoms with Gasteiger partial charge < -0.3 is 24.4 Å². The van der Waals surface area contributed by atoms with Gasteiger partial charge in [-0.15, -0.1) is 0 Å². The van der Waals surface area contributed by atoms with Crippen molar-refractivity contribution in [3.05, 3.63) is 24.3 Å². The summed E-state index contributed by atoms with van der Waals surface area (Å²) in [7, 11) is 0.984. The van der Waals surface area contributed by atoms with Crippen LogP contribution in [0.2, 0.25) is 0 Å². The standard InChI is InChI=1S/C16H13F15O4.C13H16F6O2/c1-5(12(17,18)19)9(32)35-8-3-6(10(33,13(20,21)22)14(23,24)25)2-7(4-8)11(34,15(26,27)28)16(29,30)31;1-20-7-21-11(12(14,15)16,13(17,18)19)6-10-5-8-2-3-9(10)4-8/h6-8,33-34H,1-4H2;2-3,8-10H,4-7H2,1H3. The minimum absolute atomic E-state index is 0.0848. The SMILES string of the molecule is C=C(C(=O)OC1CC(C(O)(C(F)(F)F)C(F)(F)F)CC(C(O)(C(F)(F)F)C(F)(F)F)C1)C(F)(F)F.COCOC(CC1CC2C=CC1C2)(C(F)(F)F)C(F)(F)F. The summed E-state index contributed by atoms with van der Waals surface area (Å²) in [6.07, 6.45) is -49.7. The van der Waals surface area contributed by atoms with Gasteiger partial charge in [-0.05, 0) is 56.3 Å². The topological polar surface area (TPSA) is 85.2 Å². The number of carbonyl (C=O) groups is 1. The fourth-order valence-corrected chi connectivity index (χ4v) is 6.90. The van der Waals surface area contributed by atoms with Crippen LogP contribution in [-0.4, -0.2) is 96.2 Å². The normalized spacial score (nSPS) is 25.9. The number of carbonyl (C=O) groups excluding carboxylic acids is 1. The highest BCUT2D eigenvalue weighted by Gasteiger charge is 2.79. The molecule has 0 aromatic rings. The maximum Gasteiger partial charge on any atom is 0.426 e. The number of allylic oxidation sites excluding steroid dienone is 2. The second kappa shape index (κ2) is 15.8. The highest BCUT2D eigenvalue weighted by Crippen LogP contribution is 2.59. The van der Waals surface area contributed by atoms with E-state index in [0.717, 1.165) is 7.11 Å². The summed E-state index contributed by atoms with van der Waals surface area (Å²) in [5, 5.41) is 18.9. The molecule has 328 valence electrons. The lowest BCUT2D eigenvalue weighted by Gasteiger charge is -2.48. The monoisotopic (exact) mass is 872 g/mol. The maximum absolute atomic E-state index is 13.2. The number of halogens is 21. The predicted molar refractivity (Wildman–Crippen MR) is 141 cm³/mol. The average Bonchev–Trinajstić information content (AvgIpc) is 3.61. The molecule has 0 amide bonds. The highest BCUT2D eigenvalue weighted by molar-refractivity contribution is 5.89. The number of methoxy groups -OCH3 is 1. The van der Waals surface area contributed by atoms with Crippen LogP contribution in [0.4, 0.5) is 92.2 Å². The van der Waals surface area contributed by atoms with E-state index in [1.165, 1.54) is 0 Å². The minimum Gasteiger partial charge on any atom is -0.459 e. The fraction of sp³-hybridized carbons (Fsp3) is 0.828. The molecule has 2 saturated carbocycles. The van der Waals surface area contributed by atoms with Crippen molar-refractivity contribution in [3.8, 4) is 0 Å². The lowest BCUT2D eigenvalue weighted by Crippen LogP contribution is -2.67. The van der Waals surface area contributed by atoms with Crippen molar-refractivity contribution in [2.24, 2.45) is 29.6 Å². The minimum atomic E-state index is -6.78. The van der Waals surface area contributed by atoms with Gasteiger partial charge in [-0.1, -0.05) is 18.7 Å². The Bertz CT molecular complexity index is 1310. The van der Waals surface area contributed by atoms with Crippen molar-refractivity contribution in [2.75, 3.05) is 13.9 Å². The van der Waals surface area contributed by atoms with Crippen LogP contribution in [0.5, 0.6) is 0 Å². The van der Waals surface area contributed by atoms with Gasteiger partial charge in [-0.25, -0.2) is 4.79 Å².